The van der Waals surface area contributed by atoms with Gasteiger partial charge >= 0.3 is 0 Å². The van der Waals surface area contributed by atoms with E-state index in [4.69, 9.17) is 5.73 Å². The van der Waals surface area contributed by atoms with E-state index >= 15 is 0 Å². The van der Waals surface area contributed by atoms with Crippen molar-refractivity contribution in [2.24, 2.45) is 5.73 Å². The minimum absolute atomic E-state index is 0.0571. The number of fused-ring (bicyclic) bond motifs is 1. The van der Waals surface area contributed by atoms with Crippen LogP contribution >= 0.6 is 0 Å². The lowest BCUT2D eigenvalue weighted by Gasteiger charge is -2.30. The lowest BCUT2D eigenvalue weighted by Crippen LogP contribution is -2.45. The number of carbonyl (C=O) groups excluding carboxylic acids is 1. The minimum Gasteiger partial charge on any atom is -0.337 e. The lowest BCUT2D eigenvalue weighted by atomic mass is 10.0. The average Bonchev–Trinajstić information content (AvgIpc) is 2.85. The van der Waals surface area contributed by atoms with Crippen LogP contribution in [0.2, 0.25) is 0 Å². The highest BCUT2D eigenvalue weighted by molar-refractivity contribution is 5.97. The first-order valence-corrected chi connectivity index (χ1v) is 6.22. The van der Waals surface area contributed by atoms with E-state index in [2.05, 4.69) is 10.2 Å². The fourth-order valence-corrected chi connectivity index (χ4v) is 2.45. The molecule has 1 aliphatic rings. The normalized spacial score (nSPS) is 20.3. The number of nitrogens with two attached hydrogens (primary N) is 1. The second kappa shape index (κ2) is 4.42. The highest BCUT2D eigenvalue weighted by atomic mass is 16.2. The molecule has 5 heteroatoms. The predicted molar refractivity (Wildman–Crippen MR) is 69.2 cm³/mol. The van der Waals surface area contributed by atoms with Crippen molar-refractivity contribution in [3.05, 3.63) is 30.0 Å². The highest BCUT2D eigenvalue weighted by Crippen LogP contribution is 2.16. The molecule has 0 spiro atoms. The molecule has 18 heavy (non-hydrogen) atoms. The maximum Gasteiger partial charge on any atom is 0.253 e. The van der Waals surface area contributed by atoms with E-state index in [9.17, 15) is 4.79 Å². The van der Waals surface area contributed by atoms with Crippen molar-refractivity contribution in [2.75, 3.05) is 13.1 Å². The monoisotopic (exact) mass is 244 g/mol. The molecule has 0 radical (unpaired) electrons. The number of carbonyl (C=O) groups is 1. The molecule has 1 aromatic carbocycles. The number of likely N-dealkylation sites (tertiary alicyclic amines) is 1. The van der Waals surface area contributed by atoms with Crippen LogP contribution in [0.25, 0.3) is 10.9 Å². The van der Waals surface area contributed by atoms with Gasteiger partial charge in [0.25, 0.3) is 5.91 Å². The number of nitrogens with one attached hydrogen (secondary N) is 1. The van der Waals surface area contributed by atoms with Gasteiger partial charge in [-0.1, -0.05) is 6.07 Å². The van der Waals surface area contributed by atoms with Gasteiger partial charge in [-0.15, -0.1) is 0 Å². The maximum atomic E-state index is 12.3. The van der Waals surface area contributed by atoms with E-state index in [-0.39, 0.29) is 11.9 Å². The van der Waals surface area contributed by atoms with Crippen LogP contribution in [-0.2, 0) is 0 Å². The third-order valence-electron chi connectivity index (χ3n) is 3.43. The number of nitrogens with zero attached hydrogens (tertiary/aromatic N) is 2. The first-order chi connectivity index (χ1) is 8.74. The summed E-state index contributed by atoms with van der Waals surface area (Å²) in [5, 5.41) is 7.85. The van der Waals surface area contributed by atoms with Crippen molar-refractivity contribution in [3.63, 3.8) is 0 Å². The van der Waals surface area contributed by atoms with E-state index in [1.807, 2.05) is 23.1 Å². The molecule has 1 aliphatic heterocycles. The Morgan fingerprint density at radius 1 is 1.50 bits per heavy atom. The van der Waals surface area contributed by atoms with Crippen LogP contribution in [0.15, 0.2) is 24.4 Å². The van der Waals surface area contributed by atoms with Crippen molar-refractivity contribution in [2.45, 2.75) is 18.9 Å². The summed E-state index contributed by atoms with van der Waals surface area (Å²) in [6.07, 6.45) is 3.74. The molecule has 94 valence electrons. The Kier molecular flexibility index (Phi) is 2.76. The number of H-pyrrole nitrogens is 1. The van der Waals surface area contributed by atoms with Gasteiger partial charge in [0, 0.05) is 30.1 Å². The molecule has 1 saturated heterocycles. The number of aromatic amines is 1. The zero-order chi connectivity index (χ0) is 12.5. The number of aromatic nitrogens is 2. The zero-order valence-electron chi connectivity index (χ0n) is 10.1. The SMILES string of the molecule is NC1CCCN(C(=O)c2ccc3cn[nH]c3c2)C1. The first kappa shape index (κ1) is 11.2. The molecule has 1 unspecified atom stereocenters. The van der Waals surface area contributed by atoms with Gasteiger partial charge in [-0.2, -0.15) is 5.10 Å². The summed E-state index contributed by atoms with van der Waals surface area (Å²) in [7, 11) is 0. The number of amides is 1. The van der Waals surface area contributed by atoms with Gasteiger partial charge in [0.2, 0.25) is 0 Å². The van der Waals surface area contributed by atoms with Crippen LogP contribution in [0, 0.1) is 0 Å². The molecule has 0 saturated carbocycles. The largest absolute Gasteiger partial charge is 0.337 e. The molecular formula is C13H16N4O. The Hall–Kier alpha value is -1.88. The second-order valence-corrected chi connectivity index (χ2v) is 4.83. The Morgan fingerprint density at radius 2 is 2.39 bits per heavy atom. The Balaban J connectivity index is 1.86. The van der Waals surface area contributed by atoms with Crippen molar-refractivity contribution >= 4 is 16.8 Å². The van der Waals surface area contributed by atoms with E-state index in [1.165, 1.54) is 0 Å². The number of hydrogen-bond donors (Lipinski definition) is 2. The molecule has 1 atom stereocenters. The van der Waals surface area contributed by atoms with E-state index < -0.39 is 0 Å². The van der Waals surface area contributed by atoms with E-state index in [0.29, 0.717) is 12.1 Å². The predicted octanol–water partition coefficient (Wildman–Crippen LogP) is 1.13. The van der Waals surface area contributed by atoms with Gasteiger partial charge in [-0.05, 0) is 25.0 Å². The molecule has 1 aromatic heterocycles. The summed E-state index contributed by atoms with van der Waals surface area (Å²) in [5.41, 5.74) is 7.49. The van der Waals surface area contributed by atoms with Gasteiger partial charge in [-0.3, -0.25) is 9.89 Å². The molecule has 3 N–H and O–H groups in total. The van der Waals surface area contributed by atoms with Crippen LogP contribution in [0.4, 0.5) is 0 Å². The molecule has 0 bridgehead atoms. The van der Waals surface area contributed by atoms with Crippen molar-refractivity contribution < 1.29 is 4.79 Å². The van der Waals surface area contributed by atoms with Gasteiger partial charge in [0.15, 0.2) is 0 Å². The Bertz CT molecular complexity index is 577. The van der Waals surface area contributed by atoms with E-state index in [0.717, 1.165) is 30.3 Å². The van der Waals surface area contributed by atoms with Gasteiger partial charge in [0.1, 0.15) is 0 Å². The van der Waals surface area contributed by atoms with Crippen LogP contribution < -0.4 is 5.73 Å². The van der Waals surface area contributed by atoms with Crippen LogP contribution in [0.1, 0.15) is 23.2 Å². The molecular weight excluding hydrogens is 228 g/mol. The fraction of sp³-hybridized carbons (Fsp3) is 0.385. The third kappa shape index (κ3) is 1.97. The first-order valence-electron chi connectivity index (χ1n) is 6.22. The summed E-state index contributed by atoms with van der Waals surface area (Å²) in [5.74, 6) is 0.0571. The molecule has 5 nitrogen and oxygen atoms in total. The van der Waals surface area contributed by atoms with Gasteiger partial charge < -0.3 is 10.6 Å². The molecule has 3 rings (SSSR count). The van der Waals surface area contributed by atoms with Gasteiger partial charge in [-0.25, -0.2) is 0 Å². The number of piperidine rings is 1. The topological polar surface area (TPSA) is 75.0 Å². The van der Waals surface area contributed by atoms with Crippen LogP contribution in [0.5, 0.6) is 0 Å². The molecule has 1 fully saturated rings. The minimum atomic E-state index is 0.0571. The quantitative estimate of drug-likeness (QED) is 0.789. The Morgan fingerprint density at radius 3 is 3.22 bits per heavy atom. The fourth-order valence-electron chi connectivity index (χ4n) is 2.45. The van der Waals surface area contributed by atoms with Crippen LogP contribution in [0.3, 0.4) is 0 Å². The summed E-state index contributed by atoms with van der Waals surface area (Å²) >= 11 is 0. The standard InChI is InChI=1S/C13H16N4O/c14-11-2-1-5-17(8-11)13(18)9-3-4-10-7-15-16-12(10)6-9/h3-4,6-7,11H,1-2,5,8,14H2,(H,15,16). The van der Waals surface area contributed by atoms with Crippen molar-refractivity contribution in [3.8, 4) is 0 Å². The Labute approximate surface area is 105 Å². The lowest BCUT2D eigenvalue weighted by molar-refractivity contribution is 0.0709. The molecule has 2 heterocycles. The third-order valence-corrected chi connectivity index (χ3v) is 3.43. The molecule has 2 aromatic rings. The molecule has 1 amide bonds. The van der Waals surface area contributed by atoms with E-state index in [1.54, 1.807) is 6.20 Å². The highest BCUT2D eigenvalue weighted by Gasteiger charge is 2.22. The summed E-state index contributed by atoms with van der Waals surface area (Å²) in [6.45, 7) is 1.45. The van der Waals surface area contributed by atoms with Crippen molar-refractivity contribution in [1.82, 2.24) is 15.1 Å². The summed E-state index contributed by atoms with van der Waals surface area (Å²) in [4.78, 5) is 14.2. The second-order valence-electron chi connectivity index (χ2n) is 4.83. The van der Waals surface area contributed by atoms with Gasteiger partial charge in [0.05, 0.1) is 11.7 Å². The number of rotatable bonds is 1. The molecule has 0 aliphatic carbocycles. The summed E-state index contributed by atoms with van der Waals surface area (Å²) in [6, 6.07) is 5.72. The van der Waals surface area contributed by atoms with Crippen molar-refractivity contribution in [1.29, 1.82) is 0 Å². The number of benzene rings is 1. The maximum absolute atomic E-state index is 12.3. The number of hydrogen-bond acceptors (Lipinski definition) is 3. The van der Waals surface area contributed by atoms with Crippen LogP contribution in [-0.4, -0.2) is 40.1 Å². The summed E-state index contributed by atoms with van der Waals surface area (Å²) < 4.78 is 0. The zero-order valence-corrected chi connectivity index (χ0v) is 10.1. The smallest absolute Gasteiger partial charge is 0.253 e. The average molecular weight is 244 g/mol.